The lowest BCUT2D eigenvalue weighted by Crippen LogP contribution is -2.03. The average Bonchev–Trinajstić information content (AvgIpc) is 1.59. The first-order valence-electron chi connectivity index (χ1n) is 2.61. The largest absolute Gasteiger partial charge is 0.207 e. The van der Waals surface area contributed by atoms with E-state index in [1.807, 2.05) is 0 Å². The summed E-state index contributed by atoms with van der Waals surface area (Å²) in [7, 11) is 0.691. The first-order valence-corrected chi connectivity index (χ1v) is 3.61. The third-order valence-electron chi connectivity index (χ3n) is 1.01. The zero-order valence-corrected chi connectivity index (χ0v) is 6.99. The van der Waals surface area contributed by atoms with Crippen molar-refractivity contribution in [1.82, 2.24) is 0 Å². The first kappa shape index (κ1) is 6.42. The lowest BCUT2D eigenvalue weighted by Gasteiger charge is -1.91. The molecule has 1 aromatic rings. The summed E-state index contributed by atoms with van der Waals surface area (Å²) in [5.74, 6) is -0.972. The van der Waals surface area contributed by atoms with E-state index in [1.54, 1.807) is 0 Å². The van der Waals surface area contributed by atoms with Crippen LogP contribution in [0.2, 0.25) is 0 Å². The Morgan fingerprint density at radius 1 is 1.00 bits per heavy atom. The minimum Gasteiger partial charge on any atom is -0.207 e. The summed E-state index contributed by atoms with van der Waals surface area (Å²) in [6.07, 6.45) is 0. The third-order valence-corrected chi connectivity index (χ3v) is 1.58. The van der Waals surface area contributed by atoms with Crippen LogP contribution in [0.3, 0.4) is 0 Å². The summed E-state index contributed by atoms with van der Waals surface area (Å²) in [4.78, 5) is 0. The van der Waals surface area contributed by atoms with Gasteiger partial charge in [-0.25, -0.2) is 8.78 Å². The van der Waals surface area contributed by atoms with Gasteiger partial charge in [0.1, 0.15) is 11.6 Å². The fourth-order valence-electron chi connectivity index (χ4n) is 0.692. The molecule has 0 unspecified atom stereocenters. The predicted octanol–water partition coefficient (Wildman–Crippen LogP) is -0.0445. The van der Waals surface area contributed by atoms with Crippen molar-refractivity contribution in [2.75, 3.05) is 0 Å². The summed E-state index contributed by atoms with van der Waals surface area (Å²) < 4.78 is 24.4. The number of hydrogen-bond acceptors (Lipinski definition) is 0. The number of benzene rings is 1. The maximum absolute atomic E-state index is 12.2. The quantitative estimate of drug-likeness (QED) is 0.448. The van der Waals surface area contributed by atoms with E-state index in [-0.39, 0.29) is 0 Å². The molecule has 0 spiro atoms. The number of halogens is 2. The van der Waals surface area contributed by atoms with Gasteiger partial charge in [-0.2, -0.15) is 0 Å². The van der Waals surface area contributed by atoms with Crippen molar-refractivity contribution in [1.29, 1.82) is 0 Å². The molecule has 0 radical (unpaired) electrons. The Bertz CT molecular complexity index is 172. The van der Waals surface area contributed by atoms with Crippen molar-refractivity contribution in [3.05, 3.63) is 29.8 Å². The zero-order chi connectivity index (χ0) is 6.85. The van der Waals surface area contributed by atoms with Crippen LogP contribution in [-0.2, 0) is 0 Å². The molecule has 9 heavy (non-hydrogen) atoms. The number of rotatable bonds is 0. The molecule has 0 saturated heterocycles. The van der Waals surface area contributed by atoms with E-state index in [1.165, 1.54) is 12.1 Å². The molecule has 0 amide bonds. The van der Waals surface area contributed by atoms with Crippen LogP contribution in [0.1, 0.15) is 0 Å². The monoisotopic (exact) mass is 144 g/mol. The summed E-state index contributed by atoms with van der Waals surface area (Å²) in [6.45, 7) is 0. The van der Waals surface area contributed by atoms with Gasteiger partial charge < -0.3 is 0 Å². The molecule has 3 heteroatoms. The summed E-state index contributed by atoms with van der Waals surface area (Å²) >= 11 is 0. The Labute approximate surface area is 54.9 Å². The van der Waals surface area contributed by atoms with Crippen LogP contribution in [0.15, 0.2) is 18.2 Å². The highest BCUT2D eigenvalue weighted by Crippen LogP contribution is 1.97. The summed E-state index contributed by atoms with van der Waals surface area (Å²) in [6, 6.07) is 3.56. The van der Waals surface area contributed by atoms with Gasteiger partial charge >= 0.3 is 0 Å². The van der Waals surface area contributed by atoms with Crippen molar-refractivity contribution in [2.45, 2.75) is 0 Å². The molecule has 48 valence electrons. The standard InChI is InChI=1S/C6H6F2Si/c7-4-1-5(8)3-6(9)2-4/h1-3H,9H3. The minimum absolute atomic E-state index is 0.486. The van der Waals surface area contributed by atoms with Crippen LogP contribution in [0.4, 0.5) is 8.78 Å². The van der Waals surface area contributed by atoms with Crippen molar-refractivity contribution in [3.63, 3.8) is 0 Å². The second-order valence-electron chi connectivity index (χ2n) is 1.95. The normalized spacial score (nSPS) is 10.0. The van der Waals surface area contributed by atoms with Gasteiger partial charge in [0.2, 0.25) is 0 Å². The molecule has 0 atom stereocenters. The molecule has 0 heterocycles. The molecule has 1 aromatic carbocycles. The minimum atomic E-state index is -0.486. The highest BCUT2D eigenvalue weighted by molar-refractivity contribution is 6.32. The van der Waals surface area contributed by atoms with Gasteiger partial charge in [-0.1, -0.05) is 5.19 Å². The van der Waals surface area contributed by atoms with Crippen LogP contribution >= 0.6 is 0 Å². The van der Waals surface area contributed by atoms with Crippen LogP contribution < -0.4 is 5.19 Å². The van der Waals surface area contributed by atoms with Crippen molar-refractivity contribution < 1.29 is 8.78 Å². The van der Waals surface area contributed by atoms with E-state index in [4.69, 9.17) is 0 Å². The van der Waals surface area contributed by atoms with Crippen LogP contribution in [-0.4, -0.2) is 10.2 Å². The van der Waals surface area contributed by atoms with Gasteiger partial charge in [-0.05, 0) is 12.1 Å². The molecule has 0 bridgehead atoms. The maximum atomic E-state index is 12.2. The molecule has 0 aliphatic heterocycles. The zero-order valence-electron chi connectivity index (χ0n) is 4.99. The smallest absolute Gasteiger partial charge is 0.125 e. The molecule has 1 rings (SSSR count). The van der Waals surface area contributed by atoms with Gasteiger partial charge in [0.25, 0.3) is 0 Å². The lowest BCUT2D eigenvalue weighted by molar-refractivity contribution is 0.585. The fraction of sp³-hybridized carbons (Fsp3) is 0. The molecular formula is C6H6F2Si. The van der Waals surface area contributed by atoms with E-state index >= 15 is 0 Å². The van der Waals surface area contributed by atoms with Gasteiger partial charge in [0.05, 0.1) is 0 Å². The molecule has 0 aliphatic carbocycles. The average molecular weight is 144 g/mol. The van der Waals surface area contributed by atoms with E-state index in [0.29, 0.717) is 10.2 Å². The molecular weight excluding hydrogens is 138 g/mol. The van der Waals surface area contributed by atoms with Crippen molar-refractivity contribution in [3.8, 4) is 0 Å². The van der Waals surface area contributed by atoms with Gasteiger partial charge in [-0.15, -0.1) is 0 Å². The molecule has 0 aliphatic rings. The Balaban J connectivity index is 3.17. The second kappa shape index (κ2) is 2.27. The third kappa shape index (κ3) is 1.60. The molecule has 0 nitrogen and oxygen atoms in total. The highest BCUT2D eigenvalue weighted by atomic mass is 28.1. The van der Waals surface area contributed by atoms with Gasteiger partial charge in [-0.3, -0.25) is 0 Å². The maximum Gasteiger partial charge on any atom is 0.125 e. The predicted molar refractivity (Wildman–Crippen MR) is 35.9 cm³/mol. The highest BCUT2D eigenvalue weighted by Gasteiger charge is 1.93. The molecule has 0 fully saturated rings. The van der Waals surface area contributed by atoms with E-state index < -0.39 is 11.6 Å². The molecule has 0 aromatic heterocycles. The SMILES string of the molecule is Fc1cc(F)cc([SiH3])c1. The fourth-order valence-corrected chi connectivity index (χ4v) is 1.24. The lowest BCUT2D eigenvalue weighted by atomic mass is 10.3. The van der Waals surface area contributed by atoms with Crippen LogP contribution in [0, 0.1) is 11.6 Å². The van der Waals surface area contributed by atoms with Crippen molar-refractivity contribution >= 4 is 15.4 Å². The molecule has 0 N–H and O–H groups in total. The summed E-state index contributed by atoms with van der Waals surface area (Å²) in [5.41, 5.74) is 0. The van der Waals surface area contributed by atoms with Crippen molar-refractivity contribution in [2.24, 2.45) is 0 Å². The Kier molecular flexibility index (Phi) is 1.62. The first-order chi connectivity index (χ1) is 4.18. The van der Waals surface area contributed by atoms with Crippen LogP contribution in [0.5, 0.6) is 0 Å². The molecule has 0 saturated carbocycles. The van der Waals surface area contributed by atoms with Gasteiger partial charge in [0, 0.05) is 16.3 Å². The Hall–Kier alpha value is -0.703. The van der Waals surface area contributed by atoms with E-state index in [2.05, 4.69) is 0 Å². The Morgan fingerprint density at radius 3 is 1.78 bits per heavy atom. The van der Waals surface area contributed by atoms with Gasteiger partial charge in [0.15, 0.2) is 0 Å². The summed E-state index contributed by atoms with van der Waals surface area (Å²) in [5, 5.41) is 0.743. The topological polar surface area (TPSA) is 0 Å². The Morgan fingerprint density at radius 2 is 1.44 bits per heavy atom. The van der Waals surface area contributed by atoms with E-state index in [0.717, 1.165) is 11.3 Å². The van der Waals surface area contributed by atoms with E-state index in [9.17, 15) is 8.78 Å². The number of hydrogen-bond donors (Lipinski definition) is 0. The van der Waals surface area contributed by atoms with Crippen LogP contribution in [0.25, 0.3) is 0 Å². The second-order valence-corrected chi connectivity index (χ2v) is 3.10.